The number of aromatic nitrogens is 2. The molecule has 1 aliphatic rings. The van der Waals surface area contributed by atoms with E-state index in [1.807, 2.05) is 60.7 Å². The van der Waals surface area contributed by atoms with Crippen LogP contribution >= 0.6 is 0 Å². The molecule has 1 aromatic heterocycles. The van der Waals surface area contributed by atoms with Crippen molar-refractivity contribution in [3.05, 3.63) is 76.6 Å². The summed E-state index contributed by atoms with van der Waals surface area (Å²) in [7, 11) is 0. The van der Waals surface area contributed by atoms with Crippen LogP contribution in [0.15, 0.2) is 65.5 Å². The van der Waals surface area contributed by atoms with Gasteiger partial charge in [0.1, 0.15) is 5.56 Å². The third-order valence-corrected chi connectivity index (χ3v) is 5.28. The number of amides is 1. The number of hydrogen-bond donors (Lipinski definition) is 2. The maximum Gasteiger partial charge on any atom is 0.281 e. The van der Waals surface area contributed by atoms with Gasteiger partial charge in [0.25, 0.3) is 11.5 Å². The quantitative estimate of drug-likeness (QED) is 0.625. The Labute approximate surface area is 168 Å². The second-order valence-electron chi connectivity index (χ2n) is 7.28. The third kappa shape index (κ3) is 4.27. The topological polar surface area (TPSA) is 84.1 Å². The predicted octanol–water partition coefficient (Wildman–Crippen LogP) is 3.96. The maximum atomic E-state index is 12.9. The zero-order valence-corrected chi connectivity index (χ0v) is 16.1. The SMILES string of the molecule is O=C(NOCC1CCCC1)c1c(-c2ccccc2)c(-c2ccccc2)n[nH]c1=O. The van der Waals surface area contributed by atoms with Crippen molar-refractivity contribution in [1.29, 1.82) is 0 Å². The molecule has 6 nitrogen and oxygen atoms in total. The van der Waals surface area contributed by atoms with Crippen molar-refractivity contribution in [3.8, 4) is 22.4 Å². The molecule has 148 valence electrons. The van der Waals surface area contributed by atoms with Gasteiger partial charge in [-0.15, -0.1) is 0 Å². The van der Waals surface area contributed by atoms with E-state index in [9.17, 15) is 9.59 Å². The van der Waals surface area contributed by atoms with Crippen LogP contribution in [-0.4, -0.2) is 22.7 Å². The molecule has 2 N–H and O–H groups in total. The molecular formula is C23H23N3O3. The first kappa shape index (κ1) is 19.1. The van der Waals surface area contributed by atoms with Crippen LogP contribution in [0.5, 0.6) is 0 Å². The lowest BCUT2D eigenvalue weighted by molar-refractivity contribution is 0.0170. The molecule has 3 aromatic rings. The Bertz CT molecular complexity index is 1030. The molecule has 0 radical (unpaired) electrons. The van der Waals surface area contributed by atoms with Crippen molar-refractivity contribution in [3.63, 3.8) is 0 Å². The van der Waals surface area contributed by atoms with Gasteiger partial charge < -0.3 is 0 Å². The van der Waals surface area contributed by atoms with Gasteiger partial charge in [-0.2, -0.15) is 5.10 Å². The van der Waals surface area contributed by atoms with Crippen molar-refractivity contribution in [2.24, 2.45) is 5.92 Å². The normalized spacial score (nSPS) is 14.1. The predicted molar refractivity (Wildman–Crippen MR) is 111 cm³/mol. The molecule has 1 heterocycles. The summed E-state index contributed by atoms with van der Waals surface area (Å²) in [5, 5.41) is 6.72. The van der Waals surface area contributed by atoms with Gasteiger partial charge in [0.2, 0.25) is 0 Å². The average Bonchev–Trinajstić information content (AvgIpc) is 3.28. The van der Waals surface area contributed by atoms with Crippen LogP contribution < -0.4 is 11.0 Å². The number of carbonyl (C=O) groups is 1. The molecule has 1 fully saturated rings. The summed E-state index contributed by atoms with van der Waals surface area (Å²) < 4.78 is 0. The number of nitrogens with one attached hydrogen (secondary N) is 2. The van der Waals surface area contributed by atoms with Crippen LogP contribution in [0.25, 0.3) is 22.4 Å². The molecule has 0 aliphatic heterocycles. The number of hydrogen-bond acceptors (Lipinski definition) is 4. The van der Waals surface area contributed by atoms with E-state index in [1.165, 1.54) is 12.8 Å². The highest BCUT2D eigenvalue weighted by molar-refractivity contribution is 6.03. The molecule has 0 unspecified atom stereocenters. The lowest BCUT2D eigenvalue weighted by Gasteiger charge is -2.14. The molecule has 4 rings (SSSR count). The largest absolute Gasteiger partial charge is 0.281 e. The van der Waals surface area contributed by atoms with E-state index in [0.717, 1.165) is 24.0 Å². The molecule has 2 aromatic carbocycles. The van der Waals surface area contributed by atoms with E-state index in [-0.39, 0.29) is 5.56 Å². The summed E-state index contributed by atoms with van der Waals surface area (Å²) in [5.41, 5.74) is 4.49. The van der Waals surface area contributed by atoms with Gasteiger partial charge in [0.05, 0.1) is 12.3 Å². The minimum atomic E-state index is -0.567. The van der Waals surface area contributed by atoms with E-state index in [4.69, 9.17) is 4.84 Å². The fraction of sp³-hybridized carbons (Fsp3) is 0.261. The lowest BCUT2D eigenvalue weighted by atomic mass is 9.95. The fourth-order valence-corrected chi connectivity index (χ4v) is 3.81. The van der Waals surface area contributed by atoms with Crippen LogP contribution in [0.4, 0.5) is 0 Å². The van der Waals surface area contributed by atoms with E-state index in [2.05, 4.69) is 15.7 Å². The highest BCUT2D eigenvalue weighted by Crippen LogP contribution is 2.31. The number of carbonyl (C=O) groups excluding carboxylic acids is 1. The zero-order valence-electron chi connectivity index (χ0n) is 16.1. The molecule has 1 saturated carbocycles. The van der Waals surface area contributed by atoms with Crippen molar-refractivity contribution < 1.29 is 9.63 Å². The van der Waals surface area contributed by atoms with Crippen molar-refractivity contribution >= 4 is 5.91 Å². The average molecular weight is 389 g/mol. The van der Waals surface area contributed by atoms with Crippen molar-refractivity contribution in [1.82, 2.24) is 15.7 Å². The smallest absolute Gasteiger partial charge is 0.273 e. The van der Waals surface area contributed by atoms with Gasteiger partial charge in [0.15, 0.2) is 0 Å². The van der Waals surface area contributed by atoms with Gasteiger partial charge in [-0.05, 0) is 24.3 Å². The third-order valence-electron chi connectivity index (χ3n) is 5.28. The molecule has 29 heavy (non-hydrogen) atoms. The Morgan fingerprint density at radius 1 is 1.00 bits per heavy atom. The number of hydroxylamine groups is 1. The molecule has 0 spiro atoms. The standard InChI is InChI=1S/C23H23N3O3/c27-22-20(23(28)26-29-15-16-9-7-8-10-16)19(17-11-3-1-4-12-17)21(24-25-22)18-13-5-2-6-14-18/h1-6,11-14,16H,7-10,15H2,(H,25,27)(H,26,28). The minimum absolute atomic E-state index is 0.00326. The highest BCUT2D eigenvalue weighted by atomic mass is 16.7. The molecule has 6 heteroatoms. The summed E-state index contributed by atoms with van der Waals surface area (Å²) in [5.74, 6) is -0.109. The van der Waals surface area contributed by atoms with Crippen LogP contribution in [0.1, 0.15) is 36.0 Å². The first-order valence-electron chi connectivity index (χ1n) is 9.89. The molecule has 0 saturated heterocycles. The Balaban J connectivity index is 1.72. The Kier molecular flexibility index (Phi) is 5.81. The summed E-state index contributed by atoms with van der Waals surface area (Å²) in [4.78, 5) is 31.0. The van der Waals surface area contributed by atoms with Crippen LogP contribution in [-0.2, 0) is 4.84 Å². The summed E-state index contributed by atoms with van der Waals surface area (Å²) in [6, 6.07) is 18.8. The lowest BCUT2D eigenvalue weighted by Crippen LogP contribution is -2.32. The van der Waals surface area contributed by atoms with Gasteiger partial charge >= 0.3 is 0 Å². The fourth-order valence-electron chi connectivity index (χ4n) is 3.81. The number of benzene rings is 2. The second-order valence-corrected chi connectivity index (χ2v) is 7.28. The second kappa shape index (κ2) is 8.84. The summed E-state index contributed by atoms with van der Waals surface area (Å²) >= 11 is 0. The Morgan fingerprint density at radius 2 is 1.62 bits per heavy atom. The number of H-pyrrole nitrogens is 1. The molecule has 1 amide bonds. The number of aromatic amines is 1. The zero-order chi connectivity index (χ0) is 20.1. The van der Waals surface area contributed by atoms with E-state index >= 15 is 0 Å². The number of nitrogens with zero attached hydrogens (tertiary/aromatic N) is 1. The molecule has 1 aliphatic carbocycles. The van der Waals surface area contributed by atoms with E-state index in [1.54, 1.807) is 0 Å². The maximum absolute atomic E-state index is 12.9. The molecule has 0 bridgehead atoms. The van der Waals surface area contributed by atoms with Crippen molar-refractivity contribution in [2.75, 3.05) is 6.61 Å². The van der Waals surface area contributed by atoms with Crippen LogP contribution in [0, 0.1) is 5.92 Å². The summed E-state index contributed by atoms with van der Waals surface area (Å²) in [6.45, 7) is 0.459. The van der Waals surface area contributed by atoms with Crippen LogP contribution in [0.3, 0.4) is 0 Å². The monoisotopic (exact) mass is 389 g/mol. The Morgan fingerprint density at radius 3 is 2.28 bits per heavy atom. The molecular weight excluding hydrogens is 366 g/mol. The highest BCUT2D eigenvalue weighted by Gasteiger charge is 2.23. The van der Waals surface area contributed by atoms with Gasteiger partial charge in [-0.3, -0.25) is 14.4 Å². The van der Waals surface area contributed by atoms with E-state index < -0.39 is 11.5 Å². The van der Waals surface area contributed by atoms with Gasteiger partial charge in [-0.25, -0.2) is 10.6 Å². The molecule has 0 atom stereocenters. The first-order chi connectivity index (χ1) is 14.2. The van der Waals surface area contributed by atoms with E-state index in [0.29, 0.717) is 23.8 Å². The van der Waals surface area contributed by atoms with Gasteiger partial charge in [0, 0.05) is 11.1 Å². The Hall–Kier alpha value is -3.25. The number of rotatable bonds is 6. The minimum Gasteiger partial charge on any atom is -0.273 e. The van der Waals surface area contributed by atoms with Crippen LogP contribution in [0.2, 0.25) is 0 Å². The summed E-state index contributed by atoms with van der Waals surface area (Å²) in [6.07, 6.45) is 4.62. The van der Waals surface area contributed by atoms with Gasteiger partial charge in [-0.1, -0.05) is 73.5 Å². The first-order valence-corrected chi connectivity index (χ1v) is 9.89. The van der Waals surface area contributed by atoms with Crippen molar-refractivity contribution in [2.45, 2.75) is 25.7 Å².